The zero-order valence-electron chi connectivity index (χ0n) is 18.4. The molecule has 2 N–H and O–H groups in total. The number of nitrogens with zero attached hydrogens (tertiary/aromatic N) is 1. The molecule has 166 valence electrons. The zero-order chi connectivity index (χ0) is 22.9. The van der Waals surface area contributed by atoms with E-state index in [1.807, 2.05) is 37.3 Å². The Morgan fingerprint density at radius 2 is 1.94 bits per heavy atom. The number of nitrogens with one attached hydrogen (secondary N) is 2. The molecule has 1 amide bonds. The van der Waals surface area contributed by atoms with Crippen molar-refractivity contribution in [1.29, 1.82) is 0 Å². The molecule has 6 heteroatoms. The van der Waals surface area contributed by atoms with Crippen molar-refractivity contribution in [3.8, 4) is 0 Å². The molecule has 1 unspecified atom stereocenters. The van der Waals surface area contributed by atoms with Crippen molar-refractivity contribution in [3.05, 3.63) is 105 Å². The lowest BCUT2D eigenvalue weighted by Gasteiger charge is -2.15. The number of benzene rings is 3. The van der Waals surface area contributed by atoms with Crippen LogP contribution in [0.4, 0.5) is 5.69 Å². The van der Waals surface area contributed by atoms with Gasteiger partial charge in [-0.3, -0.25) is 4.79 Å². The topological polar surface area (TPSA) is 46.1 Å². The summed E-state index contributed by atoms with van der Waals surface area (Å²) >= 11 is 7.63. The number of para-hydroxylation sites is 1. The highest BCUT2D eigenvalue weighted by Gasteiger charge is 2.28. The third-order valence-corrected chi connectivity index (χ3v) is 7.02. The van der Waals surface area contributed by atoms with Crippen LogP contribution in [0.1, 0.15) is 22.3 Å². The van der Waals surface area contributed by atoms with E-state index in [2.05, 4.69) is 70.8 Å². The van der Waals surface area contributed by atoms with E-state index >= 15 is 0 Å². The highest BCUT2D eigenvalue weighted by Crippen LogP contribution is 2.33. The number of hydrogen-bond donors (Lipinski definition) is 2. The van der Waals surface area contributed by atoms with Crippen LogP contribution in [0.3, 0.4) is 0 Å². The Morgan fingerprint density at radius 1 is 1.09 bits per heavy atom. The van der Waals surface area contributed by atoms with Crippen LogP contribution in [-0.4, -0.2) is 16.0 Å². The van der Waals surface area contributed by atoms with Crippen LogP contribution < -0.4 is 10.6 Å². The largest absolute Gasteiger partial charge is 0.356 e. The van der Waals surface area contributed by atoms with Gasteiger partial charge in [-0.2, -0.15) is 0 Å². The van der Waals surface area contributed by atoms with Gasteiger partial charge in [0.15, 0.2) is 5.50 Å². The van der Waals surface area contributed by atoms with E-state index in [1.165, 1.54) is 22.9 Å². The lowest BCUT2D eigenvalue weighted by molar-refractivity contribution is -0.116. The first kappa shape index (κ1) is 21.7. The van der Waals surface area contributed by atoms with Gasteiger partial charge in [0.25, 0.3) is 5.91 Å². The Kier molecular flexibility index (Phi) is 5.92. The molecule has 4 nitrogen and oxygen atoms in total. The summed E-state index contributed by atoms with van der Waals surface area (Å²) in [6.45, 7) is 4.90. The Hall–Kier alpha value is -3.15. The number of hydrogen-bond acceptors (Lipinski definition) is 3. The molecule has 2 heterocycles. The number of fused-ring (bicyclic) bond motifs is 1. The van der Waals surface area contributed by atoms with Gasteiger partial charge < -0.3 is 15.2 Å². The predicted octanol–water partition coefficient (Wildman–Crippen LogP) is 6.56. The Labute approximate surface area is 202 Å². The number of aromatic nitrogens is 1. The fraction of sp³-hybridized carbons (Fsp3) is 0.148. The molecule has 1 aromatic heterocycles. The number of carbonyl (C=O) groups excluding carboxylic acids is 1. The van der Waals surface area contributed by atoms with Crippen molar-refractivity contribution >= 4 is 51.9 Å². The van der Waals surface area contributed by atoms with Gasteiger partial charge in [0.2, 0.25) is 0 Å². The monoisotopic (exact) mass is 473 g/mol. The number of halogens is 1. The summed E-state index contributed by atoms with van der Waals surface area (Å²) in [6.07, 6.45) is 4.12. The molecule has 33 heavy (non-hydrogen) atoms. The highest BCUT2D eigenvalue weighted by atomic mass is 35.5. The number of carbonyl (C=O) groups is 1. The van der Waals surface area contributed by atoms with Crippen molar-refractivity contribution in [2.45, 2.75) is 25.9 Å². The van der Waals surface area contributed by atoms with Gasteiger partial charge >= 0.3 is 0 Å². The molecule has 1 aliphatic heterocycles. The third-order valence-electron chi connectivity index (χ3n) is 5.76. The standard InChI is InChI=1S/C27H24ClN3OS/c1-17-6-5-7-19(12-17)15-31-16-20(22-8-3-4-9-24(22)31)13-25-26(32)30-27(33-25)29-23-14-21(28)11-10-18(23)2/h3-14,16,27,29H,15H2,1-2H3,(H,30,32)/b25-13-. The highest BCUT2D eigenvalue weighted by molar-refractivity contribution is 8.05. The normalized spacial score (nSPS) is 17.0. The molecular formula is C27H24ClN3OS. The Morgan fingerprint density at radius 3 is 2.79 bits per heavy atom. The zero-order valence-corrected chi connectivity index (χ0v) is 20.0. The van der Waals surface area contributed by atoms with Crippen LogP contribution in [-0.2, 0) is 11.3 Å². The first-order valence-electron chi connectivity index (χ1n) is 10.8. The quantitative estimate of drug-likeness (QED) is 0.323. The molecule has 1 saturated heterocycles. The number of anilines is 1. The number of aryl methyl sites for hydroxylation is 2. The van der Waals surface area contributed by atoms with Gasteiger partial charge in [-0.25, -0.2) is 0 Å². The summed E-state index contributed by atoms with van der Waals surface area (Å²) in [5, 5.41) is 8.19. The van der Waals surface area contributed by atoms with Gasteiger partial charge in [-0.15, -0.1) is 0 Å². The molecule has 0 spiro atoms. The molecule has 0 saturated carbocycles. The van der Waals surface area contributed by atoms with E-state index in [0.717, 1.165) is 34.3 Å². The van der Waals surface area contributed by atoms with E-state index in [1.54, 1.807) is 0 Å². The van der Waals surface area contributed by atoms with Crippen LogP contribution in [0.15, 0.2) is 77.8 Å². The maximum Gasteiger partial charge on any atom is 0.260 e. The number of amides is 1. The SMILES string of the molecule is Cc1cccc(Cn2cc(/C=C3\SC(Nc4cc(Cl)ccc4C)NC3=O)c3ccccc32)c1. The minimum atomic E-state index is -0.249. The first-order valence-corrected chi connectivity index (χ1v) is 12.1. The van der Waals surface area contributed by atoms with E-state index in [-0.39, 0.29) is 11.4 Å². The number of rotatable bonds is 5. The lowest BCUT2D eigenvalue weighted by atomic mass is 10.1. The van der Waals surface area contributed by atoms with E-state index in [4.69, 9.17) is 11.6 Å². The van der Waals surface area contributed by atoms with Crippen molar-refractivity contribution < 1.29 is 4.79 Å². The molecule has 5 rings (SSSR count). The van der Waals surface area contributed by atoms with Crippen LogP contribution in [0.5, 0.6) is 0 Å². The average Bonchev–Trinajstić information content (AvgIpc) is 3.31. The molecule has 1 aliphatic rings. The second-order valence-electron chi connectivity index (χ2n) is 8.30. The Balaban J connectivity index is 1.43. The van der Waals surface area contributed by atoms with Gasteiger partial charge in [0.05, 0.1) is 4.91 Å². The number of thioether (sulfide) groups is 1. The summed E-state index contributed by atoms with van der Waals surface area (Å²) in [7, 11) is 0. The smallest absolute Gasteiger partial charge is 0.260 e. The summed E-state index contributed by atoms with van der Waals surface area (Å²) < 4.78 is 2.25. The molecule has 1 fully saturated rings. The molecule has 4 aromatic rings. The van der Waals surface area contributed by atoms with Crippen molar-refractivity contribution in [3.63, 3.8) is 0 Å². The second kappa shape index (κ2) is 9.00. The molecule has 0 bridgehead atoms. The third kappa shape index (κ3) is 4.65. The maximum atomic E-state index is 12.7. The summed E-state index contributed by atoms with van der Waals surface area (Å²) in [5.74, 6) is -0.0762. The van der Waals surface area contributed by atoms with Crippen molar-refractivity contribution in [2.75, 3.05) is 5.32 Å². The molecule has 0 aliphatic carbocycles. The van der Waals surface area contributed by atoms with Gasteiger partial charge in [-0.05, 0) is 49.2 Å². The van der Waals surface area contributed by atoms with Gasteiger partial charge in [0.1, 0.15) is 0 Å². The second-order valence-corrected chi connectivity index (χ2v) is 9.89. The van der Waals surface area contributed by atoms with Crippen LogP contribution in [0, 0.1) is 13.8 Å². The Bertz CT molecular complexity index is 1390. The van der Waals surface area contributed by atoms with Gasteiger partial charge in [0, 0.05) is 39.9 Å². The van der Waals surface area contributed by atoms with E-state index < -0.39 is 0 Å². The van der Waals surface area contributed by atoms with Gasteiger partial charge in [-0.1, -0.05) is 77.5 Å². The molecule has 3 aromatic carbocycles. The molecule has 1 atom stereocenters. The molecule has 0 radical (unpaired) electrons. The summed E-state index contributed by atoms with van der Waals surface area (Å²) in [6, 6.07) is 22.6. The average molecular weight is 474 g/mol. The minimum Gasteiger partial charge on any atom is -0.356 e. The van der Waals surface area contributed by atoms with Crippen molar-refractivity contribution in [2.24, 2.45) is 0 Å². The fourth-order valence-electron chi connectivity index (χ4n) is 4.13. The summed E-state index contributed by atoms with van der Waals surface area (Å²) in [4.78, 5) is 13.4. The first-order chi connectivity index (χ1) is 16.0. The predicted molar refractivity (Wildman–Crippen MR) is 140 cm³/mol. The minimum absolute atomic E-state index is 0.0762. The van der Waals surface area contributed by atoms with Crippen LogP contribution in [0.25, 0.3) is 17.0 Å². The van der Waals surface area contributed by atoms with E-state index in [9.17, 15) is 4.79 Å². The summed E-state index contributed by atoms with van der Waals surface area (Å²) in [5.41, 5.74) is 6.43. The van der Waals surface area contributed by atoms with Crippen LogP contribution >= 0.6 is 23.4 Å². The lowest BCUT2D eigenvalue weighted by Crippen LogP contribution is -2.31. The fourth-order valence-corrected chi connectivity index (χ4v) is 5.26. The maximum absolute atomic E-state index is 12.7. The molecular weight excluding hydrogens is 450 g/mol. The van der Waals surface area contributed by atoms with Crippen molar-refractivity contribution in [1.82, 2.24) is 9.88 Å². The van der Waals surface area contributed by atoms with E-state index in [0.29, 0.717) is 9.93 Å². The van der Waals surface area contributed by atoms with Crippen LogP contribution in [0.2, 0.25) is 5.02 Å².